The molecule has 23 heavy (non-hydrogen) atoms. The number of carbonyl (C=O) groups excluding carboxylic acids is 2. The second-order valence-electron chi connectivity index (χ2n) is 5.08. The van der Waals surface area contributed by atoms with Crippen molar-refractivity contribution in [2.45, 2.75) is 32.8 Å². The molecule has 3 N–H and O–H groups in total. The molecule has 0 aromatic heterocycles. The number of nitrogens with zero attached hydrogens (tertiary/aromatic N) is 1. The van der Waals surface area contributed by atoms with E-state index in [4.69, 9.17) is 4.74 Å². The van der Waals surface area contributed by atoms with Crippen LogP contribution in [0.1, 0.15) is 26.7 Å². The van der Waals surface area contributed by atoms with Gasteiger partial charge in [0.25, 0.3) is 0 Å². The quantitative estimate of drug-likeness (QED) is 0.719. The van der Waals surface area contributed by atoms with Gasteiger partial charge in [0.2, 0.25) is 0 Å². The van der Waals surface area contributed by atoms with Crippen molar-refractivity contribution in [3.8, 4) is 0 Å². The molecule has 0 saturated carbocycles. The zero-order chi connectivity index (χ0) is 17.2. The van der Waals surface area contributed by atoms with Gasteiger partial charge in [-0.1, -0.05) is 13.3 Å². The molecule has 0 bridgehead atoms. The summed E-state index contributed by atoms with van der Waals surface area (Å²) in [6.07, 6.45) is 0.539. The van der Waals surface area contributed by atoms with E-state index < -0.39 is 12.2 Å². The molecule has 0 aliphatic heterocycles. The lowest BCUT2D eigenvalue weighted by molar-refractivity contribution is 0.161. The Morgan fingerprint density at radius 2 is 1.91 bits per heavy atom. The van der Waals surface area contributed by atoms with Crippen molar-refractivity contribution in [2.75, 3.05) is 30.4 Å². The monoisotopic (exact) mass is 323 g/mol. The van der Waals surface area contributed by atoms with E-state index in [1.165, 1.54) is 4.90 Å². The van der Waals surface area contributed by atoms with Gasteiger partial charge in [-0.3, -0.25) is 4.90 Å². The van der Waals surface area contributed by atoms with Crippen LogP contribution in [0.25, 0.3) is 0 Å². The molecule has 0 unspecified atom stereocenters. The predicted octanol–water partition coefficient (Wildman–Crippen LogP) is 2.56. The van der Waals surface area contributed by atoms with Crippen molar-refractivity contribution in [1.29, 1.82) is 0 Å². The number of ether oxygens (including phenoxy) is 1. The number of nitrogens with one attached hydrogen (secondary N) is 2. The van der Waals surface area contributed by atoms with E-state index in [-0.39, 0.29) is 12.6 Å². The Balaban J connectivity index is 2.50. The molecule has 1 atom stereocenters. The van der Waals surface area contributed by atoms with Gasteiger partial charge in [-0.05, 0) is 37.6 Å². The van der Waals surface area contributed by atoms with E-state index in [9.17, 15) is 14.7 Å². The average Bonchev–Trinajstić information content (AvgIpc) is 2.53. The van der Waals surface area contributed by atoms with Gasteiger partial charge in [0.15, 0.2) is 0 Å². The highest BCUT2D eigenvalue weighted by molar-refractivity contribution is 5.90. The van der Waals surface area contributed by atoms with Gasteiger partial charge < -0.3 is 20.5 Å². The standard InChI is InChI=1S/C16H25N3O4/c1-4-6-14(20)11-17-15(21)18-12-7-9-13(10-8-12)19(3)16(22)23-5-2/h7-10,14,20H,4-6,11H2,1-3H3,(H2,17,18,21)/t14-/m0/s1. The number of amides is 3. The van der Waals surface area contributed by atoms with E-state index in [0.29, 0.717) is 24.4 Å². The van der Waals surface area contributed by atoms with Crippen LogP contribution in [0, 0.1) is 0 Å². The van der Waals surface area contributed by atoms with Crippen molar-refractivity contribution in [3.05, 3.63) is 24.3 Å². The molecule has 0 radical (unpaired) electrons. The Morgan fingerprint density at radius 1 is 1.26 bits per heavy atom. The molecule has 128 valence electrons. The number of anilines is 2. The van der Waals surface area contributed by atoms with Crippen LogP contribution in [0.4, 0.5) is 21.0 Å². The van der Waals surface area contributed by atoms with Crippen LogP contribution in [-0.4, -0.2) is 43.5 Å². The van der Waals surface area contributed by atoms with E-state index in [2.05, 4.69) is 10.6 Å². The molecule has 0 fully saturated rings. The number of aliphatic hydroxyl groups is 1. The third kappa shape index (κ3) is 6.56. The minimum absolute atomic E-state index is 0.212. The number of rotatable bonds is 7. The van der Waals surface area contributed by atoms with Crippen LogP contribution in [0.3, 0.4) is 0 Å². The first-order chi connectivity index (χ1) is 11.0. The smallest absolute Gasteiger partial charge is 0.413 e. The van der Waals surface area contributed by atoms with E-state index >= 15 is 0 Å². The lowest BCUT2D eigenvalue weighted by Crippen LogP contribution is -2.35. The van der Waals surface area contributed by atoms with E-state index in [1.807, 2.05) is 6.92 Å². The first-order valence-electron chi connectivity index (χ1n) is 7.71. The molecule has 7 nitrogen and oxygen atoms in total. The summed E-state index contributed by atoms with van der Waals surface area (Å²) in [5, 5.41) is 14.8. The third-order valence-electron chi connectivity index (χ3n) is 3.17. The molecule has 1 aromatic rings. The second kappa shape index (κ2) is 9.68. The van der Waals surface area contributed by atoms with Crippen molar-refractivity contribution in [3.63, 3.8) is 0 Å². The number of benzene rings is 1. The minimum atomic E-state index is -0.536. The number of carbonyl (C=O) groups is 2. The molecule has 0 saturated heterocycles. The van der Waals surface area contributed by atoms with Crippen LogP contribution >= 0.6 is 0 Å². The molecule has 3 amide bonds. The van der Waals surface area contributed by atoms with Gasteiger partial charge in [-0.15, -0.1) is 0 Å². The van der Waals surface area contributed by atoms with Crippen molar-refractivity contribution >= 4 is 23.5 Å². The fourth-order valence-electron chi connectivity index (χ4n) is 1.92. The summed E-state index contributed by atoms with van der Waals surface area (Å²) in [7, 11) is 1.61. The fraction of sp³-hybridized carbons (Fsp3) is 0.500. The van der Waals surface area contributed by atoms with Gasteiger partial charge in [-0.2, -0.15) is 0 Å². The van der Waals surface area contributed by atoms with Crippen LogP contribution in [0.2, 0.25) is 0 Å². The summed E-state index contributed by atoms with van der Waals surface area (Å²) in [6.45, 7) is 4.24. The first-order valence-corrected chi connectivity index (χ1v) is 7.71. The summed E-state index contributed by atoms with van der Waals surface area (Å²) >= 11 is 0. The summed E-state index contributed by atoms with van der Waals surface area (Å²) < 4.78 is 4.91. The normalized spacial score (nSPS) is 11.5. The maximum Gasteiger partial charge on any atom is 0.413 e. The van der Waals surface area contributed by atoms with Crippen molar-refractivity contribution < 1.29 is 19.4 Å². The summed E-state index contributed by atoms with van der Waals surface area (Å²) in [5.74, 6) is 0. The Labute approximate surface area is 136 Å². The number of hydrogen-bond donors (Lipinski definition) is 3. The van der Waals surface area contributed by atoms with Crippen molar-refractivity contribution in [1.82, 2.24) is 5.32 Å². The summed E-state index contributed by atoms with van der Waals surface area (Å²) in [6, 6.07) is 6.41. The van der Waals surface area contributed by atoms with Crippen molar-refractivity contribution in [2.24, 2.45) is 0 Å². The molecular formula is C16H25N3O4. The largest absolute Gasteiger partial charge is 0.449 e. The lowest BCUT2D eigenvalue weighted by atomic mass is 10.2. The lowest BCUT2D eigenvalue weighted by Gasteiger charge is -2.17. The predicted molar refractivity (Wildman–Crippen MR) is 89.8 cm³/mol. The van der Waals surface area contributed by atoms with Gasteiger partial charge in [-0.25, -0.2) is 9.59 Å². The van der Waals surface area contributed by atoms with E-state index in [0.717, 1.165) is 6.42 Å². The Morgan fingerprint density at radius 3 is 2.48 bits per heavy atom. The molecule has 0 aliphatic rings. The zero-order valence-corrected chi connectivity index (χ0v) is 13.8. The average molecular weight is 323 g/mol. The topological polar surface area (TPSA) is 90.9 Å². The number of hydrogen-bond acceptors (Lipinski definition) is 4. The Bertz CT molecular complexity index is 505. The maximum atomic E-state index is 11.7. The summed E-state index contributed by atoms with van der Waals surface area (Å²) in [4.78, 5) is 24.7. The molecule has 0 aliphatic carbocycles. The van der Waals surface area contributed by atoms with Crippen LogP contribution < -0.4 is 15.5 Å². The molecule has 7 heteroatoms. The Kier molecular flexibility index (Phi) is 7.90. The Hall–Kier alpha value is -2.28. The molecule has 0 spiro atoms. The number of urea groups is 1. The highest BCUT2D eigenvalue weighted by Crippen LogP contribution is 2.17. The third-order valence-corrected chi connectivity index (χ3v) is 3.17. The number of aliphatic hydroxyl groups excluding tert-OH is 1. The van der Waals surface area contributed by atoms with Gasteiger partial charge in [0, 0.05) is 25.0 Å². The first kappa shape index (κ1) is 18.8. The zero-order valence-electron chi connectivity index (χ0n) is 13.8. The highest BCUT2D eigenvalue weighted by Gasteiger charge is 2.11. The highest BCUT2D eigenvalue weighted by atomic mass is 16.6. The maximum absolute atomic E-state index is 11.7. The minimum Gasteiger partial charge on any atom is -0.449 e. The molecule has 1 rings (SSSR count). The second-order valence-corrected chi connectivity index (χ2v) is 5.08. The van der Waals surface area contributed by atoms with Gasteiger partial charge >= 0.3 is 12.1 Å². The molecule has 0 heterocycles. The van der Waals surface area contributed by atoms with Crippen LogP contribution in [-0.2, 0) is 4.74 Å². The van der Waals surface area contributed by atoms with Gasteiger partial charge in [0.1, 0.15) is 0 Å². The summed E-state index contributed by atoms with van der Waals surface area (Å²) in [5.41, 5.74) is 1.25. The SMILES string of the molecule is CCC[C@H](O)CNC(=O)Nc1ccc(N(C)C(=O)OCC)cc1. The molecule has 1 aromatic carbocycles. The van der Waals surface area contributed by atoms with E-state index in [1.54, 1.807) is 38.2 Å². The molecular weight excluding hydrogens is 298 g/mol. The van der Waals surface area contributed by atoms with Gasteiger partial charge in [0.05, 0.1) is 12.7 Å². The van der Waals surface area contributed by atoms with Crippen LogP contribution in [0.5, 0.6) is 0 Å². The van der Waals surface area contributed by atoms with Crippen LogP contribution in [0.15, 0.2) is 24.3 Å². The fourth-order valence-corrected chi connectivity index (χ4v) is 1.92.